The molecule has 1 unspecified atom stereocenters. The molecule has 4 rings (SSSR count). The second kappa shape index (κ2) is 8.37. The third kappa shape index (κ3) is 4.13. The van der Waals surface area contributed by atoms with Gasteiger partial charge in [0.2, 0.25) is 0 Å². The van der Waals surface area contributed by atoms with Crippen LogP contribution in [0.3, 0.4) is 0 Å². The van der Waals surface area contributed by atoms with Gasteiger partial charge in [0.25, 0.3) is 5.91 Å². The molecule has 1 aromatic heterocycles. The van der Waals surface area contributed by atoms with Crippen molar-refractivity contribution in [3.63, 3.8) is 0 Å². The van der Waals surface area contributed by atoms with Gasteiger partial charge in [0.1, 0.15) is 0 Å². The quantitative estimate of drug-likeness (QED) is 0.616. The van der Waals surface area contributed by atoms with E-state index in [2.05, 4.69) is 38.6 Å². The number of H-pyrrole nitrogens is 1. The predicted octanol–water partition coefficient (Wildman–Crippen LogP) is 2.23. The smallest absolute Gasteiger partial charge is 0.255 e. The van der Waals surface area contributed by atoms with E-state index in [9.17, 15) is 9.90 Å². The third-order valence-corrected chi connectivity index (χ3v) is 5.12. The van der Waals surface area contributed by atoms with Gasteiger partial charge < -0.3 is 10.4 Å². The molecule has 1 aliphatic heterocycles. The van der Waals surface area contributed by atoms with Crippen molar-refractivity contribution in [1.82, 2.24) is 20.4 Å². The van der Waals surface area contributed by atoms with Crippen LogP contribution in [0.1, 0.15) is 21.5 Å². The molecule has 0 saturated heterocycles. The second-order valence-electron chi connectivity index (χ2n) is 7.14. The molecule has 2 aromatic carbocycles. The minimum absolute atomic E-state index is 0.205. The van der Waals surface area contributed by atoms with Crippen molar-refractivity contribution >= 4 is 5.91 Å². The van der Waals surface area contributed by atoms with Crippen LogP contribution in [0.4, 0.5) is 0 Å². The van der Waals surface area contributed by atoms with Crippen molar-refractivity contribution in [2.45, 2.75) is 19.1 Å². The van der Waals surface area contributed by atoms with Crippen molar-refractivity contribution in [3.05, 3.63) is 77.5 Å². The Morgan fingerprint density at radius 1 is 1.14 bits per heavy atom. The monoisotopic (exact) mass is 376 g/mol. The molecule has 0 radical (unpaired) electrons. The van der Waals surface area contributed by atoms with Crippen LogP contribution in [0.2, 0.25) is 0 Å². The summed E-state index contributed by atoms with van der Waals surface area (Å²) in [6.07, 6.45) is 1.89. The molecule has 1 aliphatic rings. The number of aliphatic hydroxyl groups excluding tert-OH is 1. The molecular weight excluding hydrogens is 352 g/mol. The number of aromatic amines is 1. The van der Waals surface area contributed by atoms with Crippen LogP contribution >= 0.6 is 0 Å². The average molecular weight is 376 g/mol. The highest BCUT2D eigenvalue weighted by Gasteiger charge is 2.20. The first-order valence-electron chi connectivity index (χ1n) is 9.55. The molecule has 1 amide bonds. The van der Waals surface area contributed by atoms with Crippen LogP contribution in [0.25, 0.3) is 11.3 Å². The molecule has 1 atom stereocenters. The molecule has 0 fully saturated rings. The molecule has 144 valence electrons. The zero-order chi connectivity index (χ0) is 19.3. The topological polar surface area (TPSA) is 81.2 Å². The number of nitrogens with zero attached hydrogens (tertiary/aromatic N) is 2. The summed E-state index contributed by atoms with van der Waals surface area (Å²) in [5, 5.41) is 20.1. The van der Waals surface area contributed by atoms with Gasteiger partial charge in [0.15, 0.2) is 0 Å². The number of carbonyl (C=O) groups excluding carboxylic acids is 1. The number of rotatable bonds is 6. The van der Waals surface area contributed by atoms with E-state index in [1.165, 1.54) is 17.3 Å². The molecule has 3 N–H and O–H groups in total. The van der Waals surface area contributed by atoms with Crippen LogP contribution in [-0.2, 0) is 13.0 Å². The van der Waals surface area contributed by atoms with Gasteiger partial charge in [-0.05, 0) is 17.5 Å². The summed E-state index contributed by atoms with van der Waals surface area (Å²) in [5.74, 6) is -0.240. The normalized spacial score (nSPS) is 15.0. The Morgan fingerprint density at radius 2 is 1.89 bits per heavy atom. The van der Waals surface area contributed by atoms with Gasteiger partial charge in [0, 0.05) is 31.7 Å². The van der Waals surface area contributed by atoms with Gasteiger partial charge in [-0.25, -0.2) is 0 Å². The number of hydrogen-bond acceptors (Lipinski definition) is 4. The molecular formula is C22H24N4O2. The van der Waals surface area contributed by atoms with Crippen molar-refractivity contribution in [1.29, 1.82) is 0 Å². The van der Waals surface area contributed by atoms with Crippen LogP contribution in [0.15, 0.2) is 60.8 Å². The van der Waals surface area contributed by atoms with Crippen molar-refractivity contribution < 1.29 is 9.90 Å². The first kappa shape index (κ1) is 18.4. The summed E-state index contributed by atoms with van der Waals surface area (Å²) in [7, 11) is 0. The predicted molar refractivity (Wildman–Crippen MR) is 108 cm³/mol. The number of β-amino-alcohol motifs (C(OH)–C–C–N with tert-alkyl or cyclic N) is 1. The number of aliphatic hydroxyl groups is 1. The highest BCUT2D eigenvalue weighted by molar-refractivity contribution is 5.99. The highest BCUT2D eigenvalue weighted by Crippen LogP contribution is 2.21. The lowest BCUT2D eigenvalue weighted by Crippen LogP contribution is -2.42. The fourth-order valence-electron chi connectivity index (χ4n) is 3.66. The summed E-state index contributed by atoms with van der Waals surface area (Å²) < 4.78 is 0. The van der Waals surface area contributed by atoms with Gasteiger partial charge in [-0.15, -0.1) is 0 Å². The van der Waals surface area contributed by atoms with Crippen LogP contribution in [-0.4, -0.2) is 51.8 Å². The maximum absolute atomic E-state index is 12.6. The van der Waals surface area contributed by atoms with Crippen LogP contribution < -0.4 is 5.32 Å². The molecule has 2 heterocycles. The zero-order valence-electron chi connectivity index (χ0n) is 15.6. The van der Waals surface area contributed by atoms with Gasteiger partial charge in [-0.3, -0.25) is 14.8 Å². The number of benzene rings is 2. The number of hydrogen-bond donors (Lipinski definition) is 3. The van der Waals surface area contributed by atoms with Gasteiger partial charge in [0.05, 0.1) is 23.6 Å². The van der Waals surface area contributed by atoms with E-state index < -0.39 is 6.10 Å². The lowest BCUT2D eigenvalue weighted by atomic mass is 10.00. The molecule has 28 heavy (non-hydrogen) atoms. The lowest BCUT2D eigenvalue weighted by molar-refractivity contribution is 0.0842. The van der Waals surface area contributed by atoms with E-state index in [4.69, 9.17) is 0 Å². The number of nitrogens with one attached hydrogen (secondary N) is 2. The molecule has 0 bridgehead atoms. The maximum Gasteiger partial charge on any atom is 0.255 e. The largest absolute Gasteiger partial charge is 0.390 e. The Balaban J connectivity index is 1.32. The van der Waals surface area contributed by atoms with Crippen LogP contribution in [0.5, 0.6) is 0 Å². The summed E-state index contributed by atoms with van der Waals surface area (Å²) >= 11 is 0. The van der Waals surface area contributed by atoms with Gasteiger partial charge in [-0.1, -0.05) is 54.6 Å². The Labute approximate surface area is 164 Å². The van der Waals surface area contributed by atoms with E-state index in [0.717, 1.165) is 25.1 Å². The second-order valence-corrected chi connectivity index (χ2v) is 7.14. The number of carbonyl (C=O) groups is 1. The lowest BCUT2D eigenvalue weighted by Gasteiger charge is -2.30. The van der Waals surface area contributed by atoms with Crippen molar-refractivity contribution in [2.75, 3.05) is 19.6 Å². The van der Waals surface area contributed by atoms with Gasteiger partial charge >= 0.3 is 0 Å². The average Bonchev–Trinajstić information content (AvgIpc) is 3.23. The van der Waals surface area contributed by atoms with E-state index in [1.807, 2.05) is 36.4 Å². The zero-order valence-corrected chi connectivity index (χ0v) is 15.6. The minimum Gasteiger partial charge on any atom is -0.390 e. The molecule has 6 heteroatoms. The van der Waals surface area contributed by atoms with E-state index in [-0.39, 0.29) is 12.5 Å². The Kier molecular flexibility index (Phi) is 5.50. The standard InChI is InChI=1S/C22H24N4O2/c27-19(15-26-11-10-16-6-4-5-9-18(16)14-26)12-23-22(28)20-13-24-25-21(20)17-7-2-1-3-8-17/h1-9,13,19,27H,10-12,14-15H2,(H,23,28)(H,24,25). The molecule has 0 spiro atoms. The Hall–Kier alpha value is -2.96. The van der Waals surface area contributed by atoms with Crippen molar-refractivity contribution in [3.8, 4) is 11.3 Å². The molecule has 0 saturated carbocycles. The van der Waals surface area contributed by atoms with E-state index >= 15 is 0 Å². The fourth-order valence-corrected chi connectivity index (χ4v) is 3.66. The van der Waals surface area contributed by atoms with Crippen LogP contribution in [0, 0.1) is 0 Å². The Bertz CT molecular complexity index is 938. The number of aromatic nitrogens is 2. The summed E-state index contributed by atoms with van der Waals surface area (Å²) in [5.41, 5.74) is 4.76. The highest BCUT2D eigenvalue weighted by atomic mass is 16.3. The third-order valence-electron chi connectivity index (χ3n) is 5.12. The van der Waals surface area contributed by atoms with Gasteiger partial charge in [-0.2, -0.15) is 5.10 Å². The molecule has 6 nitrogen and oxygen atoms in total. The first-order valence-corrected chi connectivity index (χ1v) is 9.55. The van der Waals surface area contributed by atoms with E-state index in [1.54, 1.807) is 0 Å². The SMILES string of the molecule is O=C(NCC(O)CN1CCc2ccccc2C1)c1cn[nH]c1-c1ccccc1. The van der Waals surface area contributed by atoms with Crippen molar-refractivity contribution in [2.24, 2.45) is 0 Å². The fraction of sp³-hybridized carbons (Fsp3) is 0.273. The number of amides is 1. The summed E-state index contributed by atoms with van der Waals surface area (Å²) in [6, 6.07) is 18.0. The molecule has 3 aromatic rings. The molecule has 0 aliphatic carbocycles. The Morgan fingerprint density at radius 3 is 2.71 bits per heavy atom. The van der Waals surface area contributed by atoms with E-state index in [0.29, 0.717) is 17.8 Å². The first-order chi connectivity index (χ1) is 13.7. The summed E-state index contributed by atoms with van der Waals surface area (Å²) in [4.78, 5) is 14.8. The minimum atomic E-state index is -0.624. The number of fused-ring (bicyclic) bond motifs is 1. The summed E-state index contributed by atoms with van der Waals surface area (Å²) in [6.45, 7) is 2.49. The maximum atomic E-state index is 12.6.